The predicted octanol–water partition coefficient (Wildman–Crippen LogP) is 2.51. The molecule has 112 valence electrons. The summed E-state index contributed by atoms with van der Waals surface area (Å²) >= 11 is 0. The first-order valence-electron chi connectivity index (χ1n) is 8.18. The van der Waals surface area contributed by atoms with Crippen molar-refractivity contribution in [1.29, 1.82) is 0 Å². The van der Waals surface area contributed by atoms with Crippen LogP contribution in [0.25, 0.3) is 0 Å². The third-order valence-corrected chi connectivity index (χ3v) is 4.90. The largest absolute Gasteiger partial charge is 0.381 e. The normalized spacial score (nSPS) is 36.8. The smallest absolute Gasteiger partial charge is 0.0547 e. The summed E-state index contributed by atoms with van der Waals surface area (Å²) in [5.41, 5.74) is 0.362. The summed E-state index contributed by atoms with van der Waals surface area (Å²) in [5.74, 6) is 0.860. The zero-order valence-corrected chi connectivity index (χ0v) is 13.1. The molecule has 0 aromatic carbocycles. The summed E-state index contributed by atoms with van der Waals surface area (Å²) in [6.45, 7) is 13.7. The lowest BCUT2D eigenvalue weighted by atomic mass is 9.84. The Balaban J connectivity index is 1.91. The van der Waals surface area contributed by atoms with E-state index in [0.717, 1.165) is 38.3 Å². The molecule has 2 saturated heterocycles. The number of nitrogens with zero attached hydrogens (tertiary/aromatic N) is 1. The Morgan fingerprint density at radius 2 is 2.16 bits per heavy atom. The molecule has 0 saturated carbocycles. The van der Waals surface area contributed by atoms with E-state index in [4.69, 9.17) is 4.74 Å². The van der Waals surface area contributed by atoms with Crippen LogP contribution < -0.4 is 5.32 Å². The first-order valence-corrected chi connectivity index (χ1v) is 8.18. The molecule has 3 unspecified atom stereocenters. The quantitative estimate of drug-likeness (QED) is 0.749. The number of hydrogen-bond donors (Lipinski definition) is 1. The fourth-order valence-electron chi connectivity index (χ4n) is 3.53. The average Bonchev–Trinajstić information content (AvgIpc) is 2.83. The molecule has 2 aliphatic heterocycles. The molecular formula is C16H32N2O. The monoisotopic (exact) mass is 268 g/mol. The molecule has 0 spiro atoms. The van der Waals surface area contributed by atoms with Crippen LogP contribution in [0.15, 0.2) is 0 Å². The number of likely N-dealkylation sites (tertiary alicyclic amines) is 1. The minimum Gasteiger partial charge on any atom is -0.381 e. The van der Waals surface area contributed by atoms with E-state index in [-0.39, 0.29) is 0 Å². The summed E-state index contributed by atoms with van der Waals surface area (Å²) in [4.78, 5) is 2.72. The molecule has 0 amide bonds. The molecule has 0 aromatic heterocycles. The van der Waals surface area contributed by atoms with E-state index in [1.807, 2.05) is 0 Å². The van der Waals surface area contributed by atoms with Gasteiger partial charge in [-0.2, -0.15) is 0 Å². The van der Waals surface area contributed by atoms with Crippen LogP contribution in [0.1, 0.15) is 46.5 Å². The van der Waals surface area contributed by atoms with E-state index in [2.05, 4.69) is 31.0 Å². The lowest BCUT2D eigenvalue weighted by Gasteiger charge is -2.42. The lowest BCUT2D eigenvalue weighted by molar-refractivity contribution is 0.0554. The summed E-state index contributed by atoms with van der Waals surface area (Å²) < 4.78 is 5.73. The third kappa shape index (κ3) is 4.17. The van der Waals surface area contributed by atoms with Crippen LogP contribution in [0.2, 0.25) is 0 Å². The Morgan fingerprint density at radius 1 is 1.32 bits per heavy atom. The van der Waals surface area contributed by atoms with Gasteiger partial charge in [0, 0.05) is 37.7 Å². The minimum atomic E-state index is 0.362. The summed E-state index contributed by atoms with van der Waals surface area (Å²) in [6.07, 6.45) is 5.20. The van der Waals surface area contributed by atoms with Crippen molar-refractivity contribution in [3.8, 4) is 0 Å². The van der Waals surface area contributed by atoms with Gasteiger partial charge in [-0.15, -0.1) is 0 Å². The number of hydrogen-bond acceptors (Lipinski definition) is 3. The molecule has 2 fully saturated rings. The van der Waals surface area contributed by atoms with Gasteiger partial charge in [-0.1, -0.05) is 13.8 Å². The number of piperidine rings is 1. The van der Waals surface area contributed by atoms with Crippen LogP contribution in [0.5, 0.6) is 0 Å². The van der Waals surface area contributed by atoms with E-state index in [1.165, 1.54) is 38.8 Å². The topological polar surface area (TPSA) is 24.5 Å². The number of nitrogens with one attached hydrogen (secondary N) is 1. The van der Waals surface area contributed by atoms with Crippen molar-refractivity contribution >= 4 is 0 Å². The maximum absolute atomic E-state index is 5.73. The van der Waals surface area contributed by atoms with Crippen molar-refractivity contribution in [2.75, 3.05) is 39.4 Å². The average molecular weight is 268 g/mol. The molecule has 2 aliphatic rings. The van der Waals surface area contributed by atoms with Gasteiger partial charge in [0.05, 0.1) is 6.61 Å². The van der Waals surface area contributed by atoms with Crippen LogP contribution >= 0.6 is 0 Å². The van der Waals surface area contributed by atoms with Gasteiger partial charge in [0.15, 0.2) is 0 Å². The van der Waals surface area contributed by atoms with Crippen LogP contribution in [0.4, 0.5) is 0 Å². The highest BCUT2D eigenvalue weighted by molar-refractivity contribution is 4.91. The molecule has 1 N–H and O–H groups in total. The maximum Gasteiger partial charge on any atom is 0.0547 e. The van der Waals surface area contributed by atoms with Crippen LogP contribution in [-0.4, -0.2) is 50.3 Å². The van der Waals surface area contributed by atoms with E-state index in [1.54, 1.807) is 0 Å². The zero-order valence-electron chi connectivity index (χ0n) is 13.1. The Labute approximate surface area is 119 Å². The Morgan fingerprint density at radius 3 is 2.84 bits per heavy atom. The van der Waals surface area contributed by atoms with Crippen molar-refractivity contribution in [2.45, 2.75) is 52.5 Å². The molecule has 3 atom stereocenters. The van der Waals surface area contributed by atoms with Gasteiger partial charge in [-0.3, -0.25) is 4.90 Å². The molecule has 0 radical (unpaired) electrons. The Bertz CT molecular complexity index is 263. The van der Waals surface area contributed by atoms with Gasteiger partial charge in [-0.25, -0.2) is 0 Å². The predicted molar refractivity (Wildman–Crippen MR) is 80.5 cm³/mol. The van der Waals surface area contributed by atoms with Gasteiger partial charge < -0.3 is 10.1 Å². The highest BCUT2D eigenvalue weighted by atomic mass is 16.5. The van der Waals surface area contributed by atoms with E-state index in [0.29, 0.717) is 5.41 Å². The second kappa shape index (κ2) is 7.05. The molecule has 3 heteroatoms. The lowest BCUT2D eigenvalue weighted by Crippen LogP contribution is -2.50. The van der Waals surface area contributed by atoms with Gasteiger partial charge in [0.25, 0.3) is 0 Å². The molecule has 0 bridgehead atoms. The van der Waals surface area contributed by atoms with Crippen LogP contribution in [0.3, 0.4) is 0 Å². The molecule has 0 aromatic rings. The van der Waals surface area contributed by atoms with Crippen LogP contribution in [0, 0.1) is 11.3 Å². The van der Waals surface area contributed by atoms with Gasteiger partial charge in [0.2, 0.25) is 0 Å². The van der Waals surface area contributed by atoms with E-state index < -0.39 is 0 Å². The molecular weight excluding hydrogens is 236 g/mol. The number of rotatable bonds is 6. The SMILES string of the molecule is CCCNCC1(CN2CC(C)CCC2C)CCOC1. The molecule has 2 rings (SSSR count). The second-order valence-electron chi connectivity index (χ2n) is 6.94. The van der Waals surface area contributed by atoms with E-state index in [9.17, 15) is 0 Å². The van der Waals surface area contributed by atoms with Gasteiger partial charge in [-0.05, 0) is 45.1 Å². The van der Waals surface area contributed by atoms with Crippen molar-refractivity contribution in [2.24, 2.45) is 11.3 Å². The summed E-state index contributed by atoms with van der Waals surface area (Å²) in [7, 11) is 0. The molecule has 0 aliphatic carbocycles. The van der Waals surface area contributed by atoms with Gasteiger partial charge in [0.1, 0.15) is 0 Å². The second-order valence-corrected chi connectivity index (χ2v) is 6.94. The van der Waals surface area contributed by atoms with Crippen molar-refractivity contribution < 1.29 is 4.74 Å². The van der Waals surface area contributed by atoms with Crippen molar-refractivity contribution in [3.63, 3.8) is 0 Å². The van der Waals surface area contributed by atoms with Crippen molar-refractivity contribution in [3.05, 3.63) is 0 Å². The van der Waals surface area contributed by atoms with Crippen LogP contribution in [-0.2, 0) is 4.74 Å². The zero-order chi connectivity index (χ0) is 13.7. The highest BCUT2D eigenvalue weighted by Crippen LogP contribution is 2.32. The van der Waals surface area contributed by atoms with Crippen molar-refractivity contribution in [1.82, 2.24) is 10.2 Å². The summed E-state index contributed by atoms with van der Waals surface area (Å²) in [6, 6.07) is 0.750. The minimum absolute atomic E-state index is 0.362. The maximum atomic E-state index is 5.73. The Hall–Kier alpha value is -0.120. The first kappa shape index (κ1) is 15.3. The number of ether oxygens (including phenoxy) is 1. The fraction of sp³-hybridized carbons (Fsp3) is 1.00. The standard InChI is InChI=1S/C16H32N2O/c1-4-8-17-11-16(7-9-19-13-16)12-18-10-14(2)5-6-15(18)3/h14-15,17H,4-13H2,1-3H3. The first-order chi connectivity index (χ1) is 9.15. The molecule has 2 heterocycles. The van der Waals surface area contributed by atoms with E-state index >= 15 is 0 Å². The molecule has 3 nitrogen and oxygen atoms in total. The fourth-order valence-corrected chi connectivity index (χ4v) is 3.53. The third-order valence-electron chi connectivity index (χ3n) is 4.90. The highest BCUT2D eigenvalue weighted by Gasteiger charge is 2.38. The summed E-state index contributed by atoms with van der Waals surface area (Å²) in [5, 5.41) is 3.63. The Kier molecular flexibility index (Phi) is 5.67. The molecule has 19 heavy (non-hydrogen) atoms. The van der Waals surface area contributed by atoms with Gasteiger partial charge >= 0.3 is 0 Å².